The highest BCUT2D eigenvalue weighted by Crippen LogP contribution is 2.25. The first-order valence-corrected chi connectivity index (χ1v) is 9.47. The van der Waals surface area contributed by atoms with E-state index in [0.29, 0.717) is 18.6 Å². The van der Waals surface area contributed by atoms with Crippen LogP contribution in [0.3, 0.4) is 0 Å². The van der Waals surface area contributed by atoms with Gasteiger partial charge in [-0.15, -0.1) is 0 Å². The second-order valence-electron chi connectivity index (χ2n) is 5.93. The molecule has 1 unspecified atom stereocenters. The molecule has 1 fully saturated rings. The van der Waals surface area contributed by atoms with Crippen LogP contribution < -0.4 is 5.32 Å². The predicted molar refractivity (Wildman–Crippen MR) is 88.4 cm³/mol. The topological polar surface area (TPSA) is 79.6 Å². The number of hydrogen-bond acceptors (Lipinski definition) is 4. The summed E-state index contributed by atoms with van der Waals surface area (Å²) in [6.07, 6.45) is 2.66. The Bertz CT molecular complexity index is 836. The number of carbonyl (C=O) groups is 1. The van der Waals surface area contributed by atoms with Crippen LogP contribution in [0.25, 0.3) is 0 Å². The lowest BCUT2D eigenvalue weighted by Gasteiger charge is -2.31. The number of hydrogen-bond donors (Lipinski definition) is 1. The number of nitrogens with one attached hydrogen (secondary N) is 1. The van der Waals surface area contributed by atoms with E-state index in [9.17, 15) is 17.6 Å². The van der Waals surface area contributed by atoms with Gasteiger partial charge in [0.25, 0.3) is 0 Å². The van der Waals surface area contributed by atoms with E-state index in [1.807, 2.05) is 0 Å². The molecule has 1 atom stereocenters. The number of benzene rings is 1. The summed E-state index contributed by atoms with van der Waals surface area (Å²) in [7, 11) is -3.96. The van der Waals surface area contributed by atoms with Crippen LogP contribution >= 0.6 is 0 Å². The standard InChI is InChI=1S/C17H19FN2O4S/c18-15-7-1-2-8-16(15)25(22,23)20-9-3-5-13(12-20)17(21)19-11-14-6-4-10-24-14/h1-2,4,6-8,10,13H,3,5,9,11-12H2,(H,19,21). The largest absolute Gasteiger partial charge is 0.467 e. The molecular weight excluding hydrogens is 347 g/mol. The number of rotatable bonds is 5. The minimum atomic E-state index is -3.96. The van der Waals surface area contributed by atoms with E-state index in [1.54, 1.807) is 12.1 Å². The van der Waals surface area contributed by atoms with Gasteiger partial charge in [0.15, 0.2) is 0 Å². The van der Waals surface area contributed by atoms with Crippen molar-refractivity contribution in [2.75, 3.05) is 13.1 Å². The first kappa shape index (κ1) is 17.6. The van der Waals surface area contributed by atoms with Gasteiger partial charge in [-0.05, 0) is 37.1 Å². The van der Waals surface area contributed by atoms with Gasteiger partial charge in [0.2, 0.25) is 15.9 Å². The summed E-state index contributed by atoms with van der Waals surface area (Å²) in [6, 6.07) is 8.75. The highest BCUT2D eigenvalue weighted by atomic mass is 32.2. The van der Waals surface area contributed by atoms with E-state index in [4.69, 9.17) is 4.42 Å². The normalized spacial score (nSPS) is 18.8. The molecule has 2 aromatic rings. The first-order valence-electron chi connectivity index (χ1n) is 8.03. The summed E-state index contributed by atoms with van der Waals surface area (Å²) in [5, 5.41) is 2.75. The maximum Gasteiger partial charge on any atom is 0.246 e. The molecule has 2 heterocycles. The number of amides is 1. The second kappa shape index (κ2) is 7.37. The Hall–Kier alpha value is -2.19. The number of halogens is 1. The summed E-state index contributed by atoms with van der Waals surface area (Å²) in [6.45, 7) is 0.571. The van der Waals surface area contributed by atoms with Crippen LogP contribution in [0.5, 0.6) is 0 Å². The van der Waals surface area contributed by atoms with E-state index in [-0.39, 0.29) is 30.4 Å². The van der Waals surface area contributed by atoms with Crippen molar-refractivity contribution in [2.24, 2.45) is 5.92 Å². The van der Waals surface area contributed by atoms with Gasteiger partial charge < -0.3 is 9.73 Å². The summed E-state index contributed by atoms with van der Waals surface area (Å²) in [4.78, 5) is 12.0. The lowest BCUT2D eigenvalue weighted by Crippen LogP contribution is -2.45. The molecule has 8 heteroatoms. The predicted octanol–water partition coefficient (Wildman–Crippen LogP) is 2.14. The molecule has 1 saturated heterocycles. The van der Waals surface area contributed by atoms with Crippen molar-refractivity contribution >= 4 is 15.9 Å². The van der Waals surface area contributed by atoms with E-state index in [2.05, 4.69) is 5.32 Å². The van der Waals surface area contributed by atoms with Crippen LogP contribution in [0, 0.1) is 11.7 Å². The molecule has 0 spiro atoms. The third-order valence-electron chi connectivity index (χ3n) is 4.23. The lowest BCUT2D eigenvalue weighted by atomic mass is 9.99. The van der Waals surface area contributed by atoms with Crippen molar-refractivity contribution in [2.45, 2.75) is 24.3 Å². The number of furan rings is 1. The number of nitrogens with zero attached hydrogens (tertiary/aromatic N) is 1. The molecule has 0 aliphatic carbocycles. The van der Waals surface area contributed by atoms with Crippen LogP contribution in [-0.4, -0.2) is 31.7 Å². The molecule has 6 nitrogen and oxygen atoms in total. The minimum absolute atomic E-state index is 0.0423. The molecule has 1 aromatic heterocycles. The number of sulfonamides is 1. The quantitative estimate of drug-likeness (QED) is 0.879. The van der Waals surface area contributed by atoms with Gasteiger partial charge in [0, 0.05) is 13.1 Å². The summed E-state index contributed by atoms with van der Waals surface area (Å²) >= 11 is 0. The monoisotopic (exact) mass is 366 g/mol. The molecule has 134 valence electrons. The fourth-order valence-electron chi connectivity index (χ4n) is 2.90. The van der Waals surface area contributed by atoms with Crippen LogP contribution in [-0.2, 0) is 21.4 Å². The Morgan fingerprint density at radius 2 is 2.08 bits per heavy atom. The van der Waals surface area contributed by atoms with Crippen LogP contribution in [0.1, 0.15) is 18.6 Å². The van der Waals surface area contributed by atoms with Gasteiger partial charge in [-0.2, -0.15) is 4.31 Å². The molecule has 1 aromatic carbocycles. The minimum Gasteiger partial charge on any atom is -0.467 e. The summed E-state index contributed by atoms with van der Waals surface area (Å²) in [5.74, 6) is -0.859. The maximum atomic E-state index is 13.9. The average molecular weight is 366 g/mol. The van der Waals surface area contributed by atoms with Gasteiger partial charge in [-0.3, -0.25) is 4.79 Å². The Balaban J connectivity index is 1.68. The molecule has 1 N–H and O–H groups in total. The molecule has 0 saturated carbocycles. The van der Waals surface area contributed by atoms with E-state index < -0.39 is 21.8 Å². The van der Waals surface area contributed by atoms with Crippen molar-refractivity contribution in [3.8, 4) is 0 Å². The summed E-state index contributed by atoms with van der Waals surface area (Å²) in [5.41, 5.74) is 0. The molecule has 1 aliphatic heterocycles. The molecule has 1 amide bonds. The first-order chi connectivity index (χ1) is 12.0. The van der Waals surface area contributed by atoms with E-state index in [0.717, 1.165) is 6.07 Å². The fraction of sp³-hybridized carbons (Fsp3) is 0.353. The van der Waals surface area contributed by atoms with Crippen molar-refractivity contribution < 1.29 is 22.0 Å². The zero-order chi connectivity index (χ0) is 17.9. The Morgan fingerprint density at radius 1 is 1.28 bits per heavy atom. The van der Waals surface area contributed by atoms with Crippen molar-refractivity contribution in [1.29, 1.82) is 0 Å². The molecule has 1 aliphatic rings. The van der Waals surface area contributed by atoms with E-state index >= 15 is 0 Å². The van der Waals surface area contributed by atoms with E-state index in [1.165, 1.54) is 28.8 Å². The third-order valence-corrected chi connectivity index (χ3v) is 6.12. The Labute approximate surface area is 145 Å². The zero-order valence-corrected chi connectivity index (χ0v) is 14.3. The van der Waals surface area contributed by atoms with Crippen molar-refractivity contribution in [1.82, 2.24) is 9.62 Å². The Kier molecular flexibility index (Phi) is 5.19. The zero-order valence-electron chi connectivity index (χ0n) is 13.5. The lowest BCUT2D eigenvalue weighted by molar-refractivity contribution is -0.126. The Morgan fingerprint density at radius 3 is 2.80 bits per heavy atom. The molecular formula is C17H19FN2O4S. The molecule has 25 heavy (non-hydrogen) atoms. The van der Waals surface area contributed by atoms with Gasteiger partial charge in [0.05, 0.1) is 18.7 Å². The highest BCUT2D eigenvalue weighted by Gasteiger charge is 2.34. The maximum absolute atomic E-state index is 13.9. The highest BCUT2D eigenvalue weighted by molar-refractivity contribution is 7.89. The van der Waals surface area contributed by atoms with Gasteiger partial charge in [-0.1, -0.05) is 12.1 Å². The van der Waals surface area contributed by atoms with Gasteiger partial charge >= 0.3 is 0 Å². The van der Waals surface area contributed by atoms with Crippen LogP contribution in [0.15, 0.2) is 52.0 Å². The van der Waals surface area contributed by atoms with Crippen molar-refractivity contribution in [3.63, 3.8) is 0 Å². The summed E-state index contributed by atoms with van der Waals surface area (Å²) < 4.78 is 45.5. The van der Waals surface area contributed by atoms with Gasteiger partial charge in [0.1, 0.15) is 16.5 Å². The second-order valence-corrected chi connectivity index (χ2v) is 7.84. The average Bonchev–Trinajstić information content (AvgIpc) is 3.13. The number of piperidine rings is 1. The SMILES string of the molecule is O=C(NCc1ccco1)C1CCCN(S(=O)(=O)c2ccccc2F)C1. The molecule has 0 radical (unpaired) electrons. The van der Waals surface area contributed by atoms with Crippen molar-refractivity contribution in [3.05, 3.63) is 54.2 Å². The van der Waals surface area contributed by atoms with Gasteiger partial charge in [-0.25, -0.2) is 12.8 Å². The fourth-order valence-corrected chi connectivity index (χ4v) is 4.49. The van der Waals surface area contributed by atoms with Crippen LogP contribution in [0.2, 0.25) is 0 Å². The molecule has 0 bridgehead atoms. The smallest absolute Gasteiger partial charge is 0.246 e. The third kappa shape index (κ3) is 3.91. The number of carbonyl (C=O) groups excluding carboxylic acids is 1. The molecule has 3 rings (SSSR count). The van der Waals surface area contributed by atoms with Crippen LogP contribution in [0.4, 0.5) is 4.39 Å².